The van der Waals surface area contributed by atoms with Crippen LogP contribution in [0.15, 0.2) is 47.5 Å². The molecule has 1 atom stereocenters. The molecule has 0 spiro atoms. The van der Waals surface area contributed by atoms with Crippen molar-refractivity contribution < 1.29 is 24.0 Å². The molecule has 1 aliphatic heterocycles. The third-order valence-electron chi connectivity index (χ3n) is 4.23. The fourth-order valence-corrected chi connectivity index (χ4v) is 2.71. The number of non-ortho nitro benzene ring substituents is 1. The summed E-state index contributed by atoms with van der Waals surface area (Å²) >= 11 is 0. The van der Waals surface area contributed by atoms with E-state index in [2.05, 4.69) is 10.3 Å². The average molecular weight is 396 g/mol. The van der Waals surface area contributed by atoms with Gasteiger partial charge in [0.25, 0.3) is 11.6 Å². The Hall–Kier alpha value is -4.08. The Morgan fingerprint density at radius 2 is 1.86 bits per heavy atom. The van der Waals surface area contributed by atoms with Gasteiger partial charge < -0.3 is 4.74 Å². The molecule has 2 aromatic carbocycles. The number of nitrogens with zero attached hydrogens (tertiary/aromatic N) is 3. The van der Waals surface area contributed by atoms with E-state index in [-0.39, 0.29) is 17.1 Å². The maximum Gasteiger partial charge on any atom is 0.335 e. The van der Waals surface area contributed by atoms with Crippen LogP contribution in [0.5, 0.6) is 5.75 Å². The third kappa shape index (κ3) is 3.95. The maximum atomic E-state index is 12.8. The molecule has 10 nitrogen and oxygen atoms in total. The molecule has 0 radical (unpaired) electrons. The lowest BCUT2D eigenvalue weighted by Gasteiger charge is -2.28. The second-order valence-corrected chi connectivity index (χ2v) is 6.17. The number of nitro groups is 1. The second-order valence-electron chi connectivity index (χ2n) is 6.17. The zero-order chi connectivity index (χ0) is 21.1. The highest BCUT2D eigenvalue weighted by Crippen LogP contribution is 2.31. The Morgan fingerprint density at radius 3 is 2.48 bits per heavy atom. The normalized spacial score (nSPS) is 16.8. The van der Waals surface area contributed by atoms with Crippen molar-refractivity contribution in [3.05, 3.63) is 58.1 Å². The van der Waals surface area contributed by atoms with Crippen molar-refractivity contribution in [2.24, 2.45) is 10.9 Å². The van der Waals surface area contributed by atoms with E-state index in [9.17, 15) is 24.5 Å². The second kappa shape index (κ2) is 7.89. The van der Waals surface area contributed by atoms with E-state index in [1.165, 1.54) is 19.2 Å². The summed E-state index contributed by atoms with van der Waals surface area (Å²) in [6.45, 7) is 1.85. The zero-order valence-corrected chi connectivity index (χ0v) is 15.5. The summed E-state index contributed by atoms with van der Waals surface area (Å²) in [4.78, 5) is 52.4. The lowest BCUT2D eigenvalue weighted by molar-refractivity contribution is -0.384. The van der Waals surface area contributed by atoms with E-state index < -0.39 is 28.7 Å². The molecule has 1 heterocycles. The molecule has 3 rings (SSSR count). The van der Waals surface area contributed by atoms with Gasteiger partial charge in [0.05, 0.1) is 17.7 Å². The van der Waals surface area contributed by atoms with Crippen LogP contribution in [0.25, 0.3) is 0 Å². The van der Waals surface area contributed by atoms with E-state index in [0.29, 0.717) is 5.69 Å². The number of aliphatic imine (C=N–C) groups is 1. The highest BCUT2D eigenvalue weighted by molar-refractivity contribution is 6.32. The minimum Gasteiger partial charge on any atom is -0.494 e. The smallest absolute Gasteiger partial charge is 0.335 e. The first-order valence-electron chi connectivity index (χ1n) is 8.44. The van der Waals surface area contributed by atoms with Crippen LogP contribution >= 0.6 is 0 Å². The van der Waals surface area contributed by atoms with Gasteiger partial charge in [-0.05, 0) is 25.1 Å². The van der Waals surface area contributed by atoms with Crippen molar-refractivity contribution in [2.75, 3.05) is 12.0 Å². The number of hydrogen-bond acceptors (Lipinski definition) is 7. The number of carbonyl (C=O) groups is 3. The predicted octanol–water partition coefficient (Wildman–Crippen LogP) is 2.51. The van der Waals surface area contributed by atoms with Crippen molar-refractivity contribution in [1.29, 1.82) is 0 Å². The van der Waals surface area contributed by atoms with Gasteiger partial charge in [0.15, 0.2) is 5.92 Å². The zero-order valence-electron chi connectivity index (χ0n) is 15.5. The monoisotopic (exact) mass is 396 g/mol. The van der Waals surface area contributed by atoms with E-state index in [1.54, 1.807) is 24.3 Å². The molecule has 0 bridgehead atoms. The molecule has 0 aliphatic carbocycles. The summed E-state index contributed by atoms with van der Waals surface area (Å²) in [7, 11) is 1.36. The SMILES string of the molecule is COc1ccc([N+](=O)[O-])cc1N=C[C@@H]1C(=O)NC(=O)N(c2ccc(C)cc2)C1=O. The standard InChI is InChI=1S/C19H16N4O6/c1-11-3-5-12(6-4-11)22-18(25)14(17(24)21-19(22)26)10-20-15-9-13(23(27)28)7-8-16(15)29-2/h3-10,14H,1-2H3,(H,21,24,26)/t14-/m1/s1. The summed E-state index contributed by atoms with van der Waals surface area (Å²) in [5.41, 5.74) is 1.08. The number of anilines is 1. The predicted molar refractivity (Wildman–Crippen MR) is 103 cm³/mol. The van der Waals surface area contributed by atoms with Gasteiger partial charge in [-0.2, -0.15) is 0 Å². The number of nitro benzene ring substituents is 1. The van der Waals surface area contributed by atoms with Gasteiger partial charge in [0, 0.05) is 18.3 Å². The van der Waals surface area contributed by atoms with Crippen LogP contribution < -0.4 is 15.0 Å². The highest BCUT2D eigenvalue weighted by atomic mass is 16.6. The van der Waals surface area contributed by atoms with Crippen LogP contribution in [0, 0.1) is 23.0 Å². The van der Waals surface area contributed by atoms with Gasteiger partial charge in [-0.3, -0.25) is 30.0 Å². The van der Waals surface area contributed by atoms with Crippen molar-refractivity contribution in [3.8, 4) is 5.75 Å². The number of urea groups is 1. The quantitative estimate of drug-likeness (QED) is 0.357. The van der Waals surface area contributed by atoms with Crippen molar-refractivity contribution >= 4 is 41.1 Å². The molecule has 0 aromatic heterocycles. The van der Waals surface area contributed by atoms with Crippen molar-refractivity contribution in [1.82, 2.24) is 5.32 Å². The number of amides is 4. The van der Waals surface area contributed by atoms with Crippen LogP contribution in [0.1, 0.15) is 5.56 Å². The van der Waals surface area contributed by atoms with Crippen LogP contribution in [0.3, 0.4) is 0 Å². The van der Waals surface area contributed by atoms with Crippen LogP contribution in [-0.2, 0) is 9.59 Å². The Morgan fingerprint density at radius 1 is 1.17 bits per heavy atom. The molecule has 10 heteroatoms. The number of methoxy groups -OCH3 is 1. The van der Waals surface area contributed by atoms with Crippen molar-refractivity contribution in [2.45, 2.75) is 6.92 Å². The molecule has 148 valence electrons. The molecule has 1 aliphatic rings. The first kappa shape index (κ1) is 19.7. The molecule has 29 heavy (non-hydrogen) atoms. The molecule has 0 saturated carbocycles. The number of nitrogens with one attached hydrogen (secondary N) is 1. The topological polar surface area (TPSA) is 131 Å². The molecule has 0 unspecified atom stereocenters. The lowest BCUT2D eigenvalue weighted by atomic mass is 10.1. The van der Waals surface area contributed by atoms with E-state index in [0.717, 1.165) is 22.7 Å². The molecule has 2 aromatic rings. The molecular weight excluding hydrogens is 380 g/mol. The summed E-state index contributed by atoms with van der Waals surface area (Å²) in [6.07, 6.45) is 1.03. The molecule has 4 amide bonds. The highest BCUT2D eigenvalue weighted by Gasteiger charge is 2.40. The number of rotatable bonds is 5. The lowest BCUT2D eigenvalue weighted by Crippen LogP contribution is -2.58. The molecule has 1 saturated heterocycles. The Balaban J connectivity index is 1.93. The number of ether oxygens (including phenoxy) is 1. The Labute approximate surface area is 164 Å². The molecular formula is C19H16N4O6. The first-order chi connectivity index (χ1) is 13.8. The number of barbiturate groups is 1. The fourth-order valence-electron chi connectivity index (χ4n) is 2.71. The summed E-state index contributed by atoms with van der Waals surface area (Å²) < 4.78 is 5.11. The largest absolute Gasteiger partial charge is 0.494 e. The summed E-state index contributed by atoms with van der Waals surface area (Å²) in [5, 5.41) is 13.1. The summed E-state index contributed by atoms with van der Waals surface area (Å²) in [6, 6.07) is 9.52. The number of benzene rings is 2. The molecule has 1 fully saturated rings. The van der Waals surface area contributed by atoms with Crippen LogP contribution in [0.4, 0.5) is 21.9 Å². The van der Waals surface area contributed by atoms with Crippen molar-refractivity contribution in [3.63, 3.8) is 0 Å². The number of hydrogen-bond donors (Lipinski definition) is 1. The van der Waals surface area contributed by atoms with Gasteiger partial charge in [-0.25, -0.2) is 9.69 Å². The van der Waals surface area contributed by atoms with E-state index in [4.69, 9.17) is 4.74 Å². The van der Waals surface area contributed by atoms with Gasteiger partial charge in [-0.15, -0.1) is 0 Å². The van der Waals surface area contributed by atoms with Gasteiger partial charge >= 0.3 is 6.03 Å². The Bertz CT molecular complexity index is 1030. The van der Waals surface area contributed by atoms with Gasteiger partial charge in [0.2, 0.25) is 5.91 Å². The minimum atomic E-state index is -1.39. The number of carbonyl (C=O) groups excluding carboxylic acids is 3. The first-order valence-corrected chi connectivity index (χ1v) is 8.44. The van der Waals surface area contributed by atoms with E-state index in [1.807, 2.05) is 6.92 Å². The number of imide groups is 2. The van der Waals surface area contributed by atoms with Crippen LogP contribution in [-0.4, -0.2) is 36.1 Å². The average Bonchev–Trinajstić information content (AvgIpc) is 2.68. The van der Waals surface area contributed by atoms with Gasteiger partial charge in [-0.1, -0.05) is 17.7 Å². The maximum absolute atomic E-state index is 12.8. The minimum absolute atomic E-state index is 0.0704. The van der Waals surface area contributed by atoms with Gasteiger partial charge in [0.1, 0.15) is 11.4 Å². The Kier molecular flexibility index (Phi) is 5.35. The third-order valence-corrected chi connectivity index (χ3v) is 4.23. The number of aryl methyl sites for hydroxylation is 1. The molecule has 1 N–H and O–H groups in total. The van der Waals surface area contributed by atoms with Crippen LogP contribution in [0.2, 0.25) is 0 Å². The van der Waals surface area contributed by atoms with E-state index >= 15 is 0 Å². The fraction of sp³-hybridized carbons (Fsp3) is 0.158. The summed E-state index contributed by atoms with van der Waals surface area (Å²) in [5.74, 6) is -2.78.